The molecule has 0 bridgehead atoms. The van der Waals surface area contributed by atoms with Crippen LogP contribution in [0.25, 0.3) is 0 Å². The van der Waals surface area contributed by atoms with Crippen LogP contribution in [-0.4, -0.2) is 20.9 Å². The quantitative estimate of drug-likeness (QED) is 0.296. The minimum absolute atomic E-state index is 0.131. The van der Waals surface area contributed by atoms with Crippen LogP contribution in [0, 0.1) is 20.8 Å². The van der Waals surface area contributed by atoms with Gasteiger partial charge >= 0.3 is 0 Å². The van der Waals surface area contributed by atoms with Crippen molar-refractivity contribution in [1.82, 2.24) is 0 Å². The molecule has 0 aliphatic carbocycles. The lowest BCUT2D eigenvalue weighted by molar-refractivity contribution is -0.114. The Morgan fingerprint density at radius 3 is 2.14 bits per heavy atom. The molecule has 0 unspecified atom stereocenters. The summed E-state index contributed by atoms with van der Waals surface area (Å²) < 4.78 is 34.3. The lowest BCUT2D eigenvalue weighted by Crippen LogP contribution is -2.38. The molecular formula is C30H30N2O4S. The first-order chi connectivity index (χ1) is 17.7. The van der Waals surface area contributed by atoms with Gasteiger partial charge < -0.3 is 10.1 Å². The van der Waals surface area contributed by atoms with Crippen LogP contribution in [0.4, 0.5) is 11.4 Å². The Balaban J connectivity index is 1.52. The third-order valence-electron chi connectivity index (χ3n) is 5.92. The van der Waals surface area contributed by atoms with E-state index in [1.807, 2.05) is 63.2 Å². The van der Waals surface area contributed by atoms with Crippen molar-refractivity contribution in [2.75, 3.05) is 16.2 Å². The molecule has 6 nitrogen and oxygen atoms in total. The Morgan fingerprint density at radius 2 is 1.46 bits per heavy atom. The molecule has 4 rings (SSSR count). The second kappa shape index (κ2) is 11.3. The average Bonchev–Trinajstić information content (AvgIpc) is 2.89. The summed E-state index contributed by atoms with van der Waals surface area (Å²) in [4.78, 5) is 13.2. The standard InChI is InChI=1S/C30H30N2O4S/c1-22-10-17-28(18-11-22)37(34,35)32(29-19-23(2)9-12-24(29)3)20-30(33)31-26-13-15-27(16-14-26)36-21-25-7-5-4-6-8-25/h4-19H,20-21H2,1-3H3,(H,31,33). The fourth-order valence-electron chi connectivity index (χ4n) is 3.83. The van der Waals surface area contributed by atoms with Crippen molar-refractivity contribution < 1.29 is 17.9 Å². The Hall–Kier alpha value is -4.10. The Labute approximate surface area is 218 Å². The SMILES string of the molecule is Cc1ccc(S(=O)(=O)N(CC(=O)Nc2ccc(OCc3ccccc3)cc2)c2cc(C)ccc2C)cc1. The van der Waals surface area contributed by atoms with Gasteiger partial charge in [-0.15, -0.1) is 0 Å². The number of ether oxygens (including phenoxy) is 1. The monoisotopic (exact) mass is 514 g/mol. The van der Waals surface area contributed by atoms with Crippen molar-refractivity contribution in [2.24, 2.45) is 0 Å². The molecule has 0 aliphatic rings. The zero-order valence-electron chi connectivity index (χ0n) is 21.1. The number of hydrogen-bond donors (Lipinski definition) is 1. The van der Waals surface area contributed by atoms with Gasteiger partial charge in [0, 0.05) is 5.69 Å². The molecule has 4 aromatic carbocycles. The van der Waals surface area contributed by atoms with Crippen molar-refractivity contribution in [3.63, 3.8) is 0 Å². The van der Waals surface area contributed by atoms with Crippen molar-refractivity contribution >= 4 is 27.3 Å². The van der Waals surface area contributed by atoms with Crippen LogP contribution in [0.5, 0.6) is 5.75 Å². The molecule has 0 atom stereocenters. The molecule has 0 aromatic heterocycles. The number of amides is 1. The topological polar surface area (TPSA) is 75.7 Å². The molecule has 0 heterocycles. The van der Waals surface area contributed by atoms with E-state index in [-0.39, 0.29) is 11.4 Å². The number of carbonyl (C=O) groups excluding carboxylic acids is 1. The largest absolute Gasteiger partial charge is 0.489 e. The van der Waals surface area contributed by atoms with Crippen molar-refractivity contribution in [2.45, 2.75) is 32.3 Å². The first-order valence-corrected chi connectivity index (χ1v) is 13.4. The average molecular weight is 515 g/mol. The van der Waals surface area contributed by atoms with Gasteiger partial charge in [-0.05, 0) is 79.9 Å². The summed E-state index contributed by atoms with van der Waals surface area (Å²) in [5.74, 6) is 0.218. The van der Waals surface area contributed by atoms with Gasteiger partial charge in [-0.2, -0.15) is 0 Å². The van der Waals surface area contributed by atoms with Crippen LogP contribution >= 0.6 is 0 Å². The number of sulfonamides is 1. The number of hydrogen-bond acceptors (Lipinski definition) is 4. The van der Waals surface area contributed by atoms with E-state index in [2.05, 4.69) is 5.32 Å². The van der Waals surface area contributed by atoms with E-state index < -0.39 is 15.9 Å². The summed E-state index contributed by atoms with van der Waals surface area (Å²) in [6, 6.07) is 29.0. The summed E-state index contributed by atoms with van der Waals surface area (Å²) >= 11 is 0. The zero-order chi connectivity index (χ0) is 26.4. The molecule has 1 N–H and O–H groups in total. The smallest absolute Gasteiger partial charge is 0.264 e. The van der Waals surface area contributed by atoms with Gasteiger partial charge in [0.15, 0.2) is 0 Å². The maximum atomic E-state index is 13.7. The Kier molecular flexibility index (Phi) is 7.94. The van der Waals surface area contributed by atoms with Gasteiger partial charge in [0.05, 0.1) is 10.6 Å². The summed E-state index contributed by atoms with van der Waals surface area (Å²) in [7, 11) is -3.99. The van der Waals surface area contributed by atoms with Gasteiger partial charge in [-0.3, -0.25) is 9.10 Å². The Morgan fingerprint density at radius 1 is 0.811 bits per heavy atom. The van der Waals surface area contributed by atoms with Crippen LogP contribution < -0.4 is 14.4 Å². The van der Waals surface area contributed by atoms with Gasteiger partial charge in [0.2, 0.25) is 5.91 Å². The van der Waals surface area contributed by atoms with Crippen LogP contribution in [0.1, 0.15) is 22.3 Å². The number of nitrogens with one attached hydrogen (secondary N) is 1. The van der Waals surface area contributed by atoms with Crippen LogP contribution in [-0.2, 0) is 21.4 Å². The molecule has 0 radical (unpaired) electrons. The summed E-state index contributed by atoms with van der Waals surface area (Å²) in [5, 5.41) is 2.81. The zero-order valence-corrected chi connectivity index (χ0v) is 22.0. The lowest BCUT2D eigenvalue weighted by atomic mass is 10.1. The molecule has 1 amide bonds. The van der Waals surface area contributed by atoms with Crippen LogP contribution in [0.3, 0.4) is 0 Å². The van der Waals surface area contributed by atoms with E-state index in [0.29, 0.717) is 23.7 Å². The first kappa shape index (κ1) is 26.0. The van der Waals surface area contributed by atoms with E-state index in [0.717, 1.165) is 22.3 Å². The molecule has 0 aliphatic heterocycles. The van der Waals surface area contributed by atoms with E-state index in [4.69, 9.17) is 4.74 Å². The fourth-order valence-corrected chi connectivity index (χ4v) is 5.31. The predicted octanol–water partition coefficient (Wildman–Crippen LogP) is 6.02. The highest BCUT2D eigenvalue weighted by Gasteiger charge is 2.28. The third-order valence-corrected chi connectivity index (χ3v) is 7.69. The third kappa shape index (κ3) is 6.57. The van der Waals surface area contributed by atoms with Gasteiger partial charge in [0.25, 0.3) is 10.0 Å². The van der Waals surface area contributed by atoms with Crippen molar-refractivity contribution in [3.8, 4) is 5.75 Å². The minimum Gasteiger partial charge on any atom is -0.489 e. The maximum absolute atomic E-state index is 13.7. The summed E-state index contributed by atoms with van der Waals surface area (Å²) in [6.07, 6.45) is 0. The number of anilines is 2. The molecular weight excluding hydrogens is 484 g/mol. The van der Waals surface area contributed by atoms with E-state index >= 15 is 0 Å². The van der Waals surface area contributed by atoms with E-state index in [1.165, 1.54) is 4.31 Å². The first-order valence-electron chi connectivity index (χ1n) is 12.0. The minimum atomic E-state index is -3.99. The number of nitrogens with zero attached hydrogens (tertiary/aromatic N) is 1. The highest BCUT2D eigenvalue weighted by Crippen LogP contribution is 2.28. The lowest BCUT2D eigenvalue weighted by Gasteiger charge is -2.26. The number of rotatable bonds is 9. The highest BCUT2D eigenvalue weighted by atomic mass is 32.2. The molecule has 37 heavy (non-hydrogen) atoms. The molecule has 0 saturated heterocycles. The normalized spacial score (nSPS) is 11.1. The highest BCUT2D eigenvalue weighted by molar-refractivity contribution is 7.92. The molecule has 4 aromatic rings. The fraction of sp³-hybridized carbons (Fsp3) is 0.167. The van der Waals surface area contributed by atoms with Gasteiger partial charge in [-0.25, -0.2) is 8.42 Å². The molecule has 0 spiro atoms. The second-order valence-electron chi connectivity index (χ2n) is 8.96. The number of aryl methyl sites for hydroxylation is 3. The van der Waals surface area contributed by atoms with Crippen molar-refractivity contribution in [3.05, 3.63) is 119 Å². The molecule has 190 valence electrons. The van der Waals surface area contributed by atoms with E-state index in [1.54, 1.807) is 54.6 Å². The maximum Gasteiger partial charge on any atom is 0.264 e. The van der Waals surface area contributed by atoms with Crippen LogP contribution in [0.15, 0.2) is 102 Å². The summed E-state index contributed by atoms with van der Waals surface area (Å²) in [5.41, 5.74) is 4.68. The second-order valence-corrected chi connectivity index (χ2v) is 10.8. The molecule has 7 heteroatoms. The van der Waals surface area contributed by atoms with E-state index in [9.17, 15) is 13.2 Å². The molecule has 0 fully saturated rings. The number of carbonyl (C=O) groups is 1. The van der Waals surface area contributed by atoms with Crippen molar-refractivity contribution in [1.29, 1.82) is 0 Å². The molecule has 0 saturated carbocycles. The van der Waals surface area contributed by atoms with Crippen LogP contribution in [0.2, 0.25) is 0 Å². The van der Waals surface area contributed by atoms with Gasteiger partial charge in [0.1, 0.15) is 18.9 Å². The summed E-state index contributed by atoms with van der Waals surface area (Å²) in [6.45, 7) is 5.69. The number of benzene rings is 4. The van der Waals surface area contributed by atoms with Gasteiger partial charge in [-0.1, -0.05) is 60.2 Å². The Bertz CT molecular complexity index is 1470. The predicted molar refractivity (Wildman–Crippen MR) is 147 cm³/mol.